The topological polar surface area (TPSA) is 93.2 Å². The van der Waals surface area contributed by atoms with Gasteiger partial charge in [0.05, 0.1) is 18.4 Å². The number of aromatic nitrogens is 2. The Morgan fingerprint density at radius 3 is 2.83 bits per heavy atom. The smallest absolute Gasteiger partial charge is 0.250 e. The largest absolute Gasteiger partial charge is 0.508 e. The molecule has 3 rings (SSSR count). The van der Waals surface area contributed by atoms with E-state index in [1.165, 1.54) is 0 Å². The molecule has 6 nitrogen and oxygen atoms in total. The van der Waals surface area contributed by atoms with Gasteiger partial charge in [0.1, 0.15) is 5.75 Å². The van der Waals surface area contributed by atoms with Crippen molar-refractivity contribution in [1.29, 1.82) is 0 Å². The number of rotatable bonds is 6. The van der Waals surface area contributed by atoms with E-state index in [0.717, 1.165) is 11.1 Å². The van der Waals surface area contributed by atoms with E-state index in [-0.39, 0.29) is 5.75 Å². The van der Waals surface area contributed by atoms with Crippen LogP contribution in [0.15, 0.2) is 61.2 Å². The second-order valence-corrected chi connectivity index (χ2v) is 5.46. The van der Waals surface area contributed by atoms with Gasteiger partial charge >= 0.3 is 0 Å². The lowest BCUT2D eigenvalue weighted by Crippen LogP contribution is -2.14. The summed E-state index contributed by atoms with van der Waals surface area (Å²) in [7, 11) is 0. The number of phenolic OH excluding ortho intramolecular Hbond substituents is 1. The molecule has 0 atom stereocenters. The first-order valence-electron chi connectivity index (χ1n) is 7.52. The van der Waals surface area contributed by atoms with Crippen LogP contribution in [-0.4, -0.2) is 20.6 Å². The zero-order chi connectivity index (χ0) is 16.9. The average Bonchev–Trinajstić information content (AvgIpc) is 3.09. The Kier molecular flexibility index (Phi) is 4.47. The van der Waals surface area contributed by atoms with Gasteiger partial charge in [-0.15, -0.1) is 0 Å². The normalized spacial score (nSPS) is 10.5. The molecular weight excluding hydrogens is 304 g/mol. The van der Waals surface area contributed by atoms with E-state index in [2.05, 4.69) is 10.3 Å². The summed E-state index contributed by atoms with van der Waals surface area (Å²) in [5.74, 6) is -0.227. The fourth-order valence-electron chi connectivity index (χ4n) is 2.50. The molecular formula is C18H18N4O2. The van der Waals surface area contributed by atoms with Gasteiger partial charge in [-0.1, -0.05) is 18.2 Å². The fraction of sp³-hybridized carbons (Fsp3) is 0.111. The predicted molar refractivity (Wildman–Crippen MR) is 91.7 cm³/mol. The van der Waals surface area contributed by atoms with Crippen LogP contribution in [0.4, 0.5) is 5.69 Å². The third-order valence-corrected chi connectivity index (χ3v) is 3.73. The molecule has 122 valence electrons. The van der Waals surface area contributed by atoms with E-state index in [1.54, 1.807) is 30.7 Å². The number of carbonyl (C=O) groups is 1. The number of carbonyl (C=O) groups excluding carboxylic acids is 1. The lowest BCUT2D eigenvalue weighted by Gasteiger charge is -2.12. The number of nitrogens with two attached hydrogens (primary N) is 1. The summed E-state index contributed by atoms with van der Waals surface area (Å²) in [6, 6.07) is 12.6. The summed E-state index contributed by atoms with van der Waals surface area (Å²) in [6.45, 7) is 1.05. The SMILES string of the molecule is NC(=O)c1ccccc1NCc1ccc(O)c(Cn2ccnc2)c1. The minimum absolute atomic E-state index is 0.241. The highest BCUT2D eigenvalue weighted by molar-refractivity contribution is 5.98. The van der Waals surface area contributed by atoms with Crippen LogP contribution in [-0.2, 0) is 13.1 Å². The van der Waals surface area contributed by atoms with Gasteiger partial charge in [-0.3, -0.25) is 4.79 Å². The molecule has 0 aliphatic heterocycles. The van der Waals surface area contributed by atoms with Crippen molar-refractivity contribution < 1.29 is 9.90 Å². The van der Waals surface area contributed by atoms with Crippen molar-refractivity contribution in [2.45, 2.75) is 13.1 Å². The molecule has 0 unspecified atom stereocenters. The molecule has 0 spiro atoms. The molecule has 24 heavy (non-hydrogen) atoms. The van der Waals surface area contributed by atoms with Crippen molar-refractivity contribution in [2.24, 2.45) is 5.73 Å². The van der Waals surface area contributed by atoms with E-state index in [0.29, 0.717) is 24.3 Å². The summed E-state index contributed by atoms with van der Waals surface area (Å²) < 4.78 is 1.88. The lowest BCUT2D eigenvalue weighted by atomic mass is 10.1. The number of phenols is 1. The number of imidazole rings is 1. The third-order valence-electron chi connectivity index (χ3n) is 3.73. The molecule has 0 bridgehead atoms. The molecule has 0 aliphatic rings. The zero-order valence-electron chi connectivity index (χ0n) is 13.0. The quantitative estimate of drug-likeness (QED) is 0.649. The number of hydrogen-bond acceptors (Lipinski definition) is 4. The molecule has 0 saturated heterocycles. The summed E-state index contributed by atoms with van der Waals surface area (Å²) in [5, 5.41) is 13.2. The highest BCUT2D eigenvalue weighted by Crippen LogP contribution is 2.21. The number of benzene rings is 2. The molecule has 0 fully saturated rings. The Labute approximate surface area is 139 Å². The van der Waals surface area contributed by atoms with Crippen molar-refractivity contribution in [3.63, 3.8) is 0 Å². The van der Waals surface area contributed by atoms with Gasteiger partial charge in [-0.25, -0.2) is 4.98 Å². The maximum Gasteiger partial charge on any atom is 0.250 e. The second-order valence-electron chi connectivity index (χ2n) is 5.46. The van der Waals surface area contributed by atoms with E-state index in [1.807, 2.05) is 35.0 Å². The summed E-state index contributed by atoms with van der Waals surface area (Å²) >= 11 is 0. The Morgan fingerprint density at radius 2 is 2.08 bits per heavy atom. The van der Waals surface area contributed by atoms with Crippen LogP contribution in [0.2, 0.25) is 0 Å². The Balaban J connectivity index is 1.75. The van der Waals surface area contributed by atoms with Crippen LogP contribution in [0.5, 0.6) is 5.75 Å². The second kappa shape index (κ2) is 6.87. The molecule has 0 saturated carbocycles. The zero-order valence-corrected chi connectivity index (χ0v) is 13.0. The minimum atomic E-state index is -0.468. The molecule has 0 radical (unpaired) electrons. The number of anilines is 1. The van der Waals surface area contributed by atoms with Crippen molar-refractivity contribution in [3.8, 4) is 5.75 Å². The number of nitrogens with zero attached hydrogens (tertiary/aromatic N) is 2. The van der Waals surface area contributed by atoms with Crippen LogP contribution >= 0.6 is 0 Å². The van der Waals surface area contributed by atoms with Gasteiger partial charge in [-0.05, 0) is 29.8 Å². The number of nitrogens with one attached hydrogen (secondary N) is 1. The first kappa shape index (κ1) is 15.6. The number of para-hydroxylation sites is 1. The highest BCUT2D eigenvalue weighted by Gasteiger charge is 2.08. The van der Waals surface area contributed by atoms with E-state index in [4.69, 9.17) is 5.73 Å². The number of amides is 1. The van der Waals surface area contributed by atoms with Gasteiger partial charge in [0.25, 0.3) is 5.91 Å². The first-order chi connectivity index (χ1) is 11.6. The summed E-state index contributed by atoms with van der Waals surface area (Å²) in [5.41, 5.74) is 8.31. The summed E-state index contributed by atoms with van der Waals surface area (Å²) in [6.07, 6.45) is 5.24. The van der Waals surface area contributed by atoms with E-state index in [9.17, 15) is 9.90 Å². The molecule has 1 amide bonds. The van der Waals surface area contributed by atoms with Gasteiger partial charge in [-0.2, -0.15) is 0 Å². The average molecular weight is 322 g/mol. The minimum Gasteiger partial charge on any atom is -0.508 e. The standard InChI is InChI=1S/C18H18N4O2/c19-18(24)15-3-1-2-4-16(15)21-10-13-5-6-17(23)14(9-13)11-22-8-7-20-12-22/h1-9,12,21,23H,10-11H2,(H2,19,24). The first-order valence-corrected chi connectivity index (χ1v) is 7.52. The van der Waals surface area contributed by atoms with Crippen molar-refractivity contribution in [2.75, 3.05) is 5.32 Å². The van der Waals surface area contributed by atoms with Gasteiger partial charge < -0.3 is 20.7 Å². The van der Waals surface area contributed by atoms with Crippen LogP contribution in [0.1, 0.15) is 21.5 Å². The highest BCUT2D eigenvalue weighted by atomic mass is 16.3. The number of aromatic hydroxyl groups is 1. The van der Waals surface area contributed by atoms with Crippen LogP contribution in [0, 0.1) is 0 Å². The van der Waals surface area contributed by atoms with E-state index < -0.39 is 5.91 Å². The Morgan fingerprint density at radius 1 is 1.25 bits per heavy atom. The summed E-state index contributed by atoms with van der Waals surface area (Å²) in [4.78, 5) is 15.4. The molecule has 0 aliphatic carbocycles. The molecule has 1 aromatic heterocycles. The van der Waals surface area contributed by atoms with Crippen LogP contribution in [0.25, 0.3) is 0 Å². The van der Waals surface area contributed by atoms with Crippen LogP contribution < -0.4 is 11.1 Å². The molecule has 6 heteroatoms. The maximum absolute atomic E-state index is 11.5. The van der Waals surface area contributed by atoms with Gasteiger partial charge in [0.2, 0.25) is 0 Å². The van der Waals surface area contributed by atoms with Crippen molar-refractivity contribution in [3.05, 3.63) is 77.9 Å². The number of primary amides is 1. The van der Waals surface area contributed by atoms with Gasteiger partial charge in [0, 0.05) is 30.2 Å². The molecule has 4 N–H and O–H groups in total. The van der Waals surface area contributed by atoms with Gasteiger partial charge in [0.15, 0.2) is 0 Å². The monoisotopic (exact) mass is 322 g/mol. The Hall–Kier alpha value is -3.28. The molecule has 3 aromatic rings. The van der Waals surface area contributed by atoms with E-state index >= 15 is 0 Å². The number of hydrogen-bond donors (Lipinski definition) is 3. The van der Waals surface area contributed by atoms with Crippen LogP contribution in [0.3, 0.4) is 0 Å². The fourth-order valence-corrected chi connectivity index (χ4v) is 2.50. The van der Waals surface area contributed by atoms with Crippen molar-refractivity contribution in [1.82, 2.24) is 9.55 Å². The maximum atomic E-state index is 11.5. The third kappa shape index (κ3) is 3.55. The molecule has 1 heterocycles. The Bertz CT molecular complexity index is 844. The lowest BCUT2D eigenvalue weighted by molar-refractivity contribution is 0.100. The predicted octanol–water partition coefficient (Wildman–Crippen LogP) is 2.35. The molecule has 2 aromatic carbocycles. The van der Waals surface area contributed by atoms with Crippen molar-refractivity contribution >= 4 is 11.6 Å².